The molecule has 0 rings (SSSR count). The predicted molar refractivity (Wildman–Crippen MR) is 428 cm³/mol. The zero-order chi connectivity index (χ0) is 76.4. The minimum Gasteiger partial charge on any atom is -0.462 e. The fourth-order valence-corrected chi connectivity index (χ4v) is 14.8. The van der Waals surface area contributed by atoms with Crippen LogP contribution in [0.4, 0.5) is 0 Å². The van der Waals surface area contributed by atoms with Crippen molar-refractivity contribution in [1.82, 2.24) is 0 Å². The first-order chi connectivity index (χ1) is 50.4. The number of unbranched alkanes of at least 4 members (excludes halogenated alkanes) is 54. The van der Waals surface area contributed by atoms with Crippen LogP contribution >= 0.6 is 15.6 Å². The van der Waals surface area contributed by atoms with Gasteiger partial charge in [0, 0.05) is 25.7 Å². The molecule has 17 nitrogen and oxygen atoms in total. The predicted octanol–water partition coefficient (Wildman–Crippen LogP) is 25.8. The van der Waals surface area contributed by atoms with Crippen LogP contribution in [-0.2, 0) is 65.4 Å². The third-order valence-corrected chi connectivity index (χ3v) is 21.9. The molecule has 618 valence electrons. The van der Waals surface area contributed by atoms with Gasteiger partial charge in [0.2, 0.25) is 0 Å². The number of phosphoric ester groups is 2. The quantitative estimate of drug-likeness (QED) is 0.0222. The van der Waals surface area contributed by atoms with E-state index in [9.17, 15) is 43.2 Å². The van der Waals surface area contributed by atoms with Crippen molar-refractivity contribution < 1.29 is 80.2 Å². The van der Waals surface area contributed by atoms with Crippen molar-refractivity contribution >= 4 is 39.5 Å². The number of rotatable bonds is 84. The summed E-state index contributed by atoms with van der Waals surface area (Å²) < 4.78 is 68.9. The second-order valence-corrected chi connectivity index (χ2v) is 34.4. The van der Waals surface area contributed by atoms with Gasteiger partial charge < -0.3 is 33.8 Å². The summed E-state index contributed by atoms with van der Waals surface area (Å²) in [6.07, 6.45) is 68.1. The fourth-order valence-electron chi connectivity index (χ4n) is 13.2. The summed E-state index contributed by atoms with van der Waals surface area (Å²) in [5.74, 6) is -0.589. The highest BCUT2D eigenvalue weighted by molar-refractivity contribution is 7.47. The third-order valence-electron chi connectivity index (χ3n) is 20.0. The van der Waals surface area contributed by atoms with Gasteiger partial charge in [-0.2, -0.15) is 0 Å². The molecule has 0 spiro atoms. The van der Waals surface area contributed by atoms with Crippen molar-refractivity contribution in [2.45, 2.75) is 471 Å². The maximum atomic E-state index is 13.1. The van der Waals surface area contributed by atoms with Crippen LogP contribution in [0.1, 0.15) is 452 Å². The molecule has 0 fully saturated rings. The number of carbonyl (C=O) groups is 4. The van der Waals surface area contributed by atoms with Crippen molar-refractivity contribution in [3.63, 3.8) is 0 Å². The van der Waals surface area contributed by atoms with E-state index in [-0.39, 0.29) is 25.7 Å². The van der Waals surface area contributed by atoms with Crippen molar-refractivity contribution in [3.8, 4) is 0 Å². The SMILES string of the molecule is CCCCCCCCCCCCCCCCCCCCC(=O)OC[C@H](COP(=O)(O)OC[C@@H](O)COP(=O)(O)OC[C@@H](COC(=O)CCCCCCCCCC(C)C)OC(=O)CCCCCCCCCCCCCCCCCCC)OC(=O)CCCCCCCCCCCCCCCCCCC(C)C. The summed E-state index contributed by atoms with van der Waals surface area (Å²) in [5.41, 5.74) is 0. The molecule has 0 aromatic carbocycles. The lowest BCUT2D eigenvalue weighted by molar-refractivity contribution is -0.161. The smallest absolute Gasteiger partial charge is 0.462 e. The number of hydrogen-bond acceptors (Lipinski definition) is 15. The number of esters is 4. The second kappa shape index (κ2) is 76.4. The molecule has 2 unspecified atom stereocenters. The van der Waals surface area contributed by atoms with Crippen LogP contribution in [-0.4, -0.2) is 96.7 Å². The largest absolute Gasteiger partial charge is 0.472 e. The van der Waals surface area contributed by atoms with Crippen molar-refractivity contribution in [2.24, 2.45) is 11.8 Å². The standard InChI is InChI=1S/C85H166O17P2/c1-7-9-11-13-15-17-19-21-23-25-27-31-35-39-43-49-55-61-67-82(87)95-73-80(101-84(89)69-64-58-51-45-41-37-33-29-28-30-34-38-42-47-53-59-65-77(3)4)75-99-103(91,92)97-71-79(86)72-98-104(93,94)100-76-81(74-96-83(88)68-62-56-52-46-48-54-60-66-78(5)6)102-85(90)70-63-57-50-44-40-36-32-26-24-22-20-18-16-14-12-10-8-2/h77-81,86H,7-76H2,1-6H3,(H,91,92)(H,93,94)/t79-,80-,81-/m1/s1. The van der Waals surface area contributed by atoms with Gasteiger partial charge in [0.1, 0.15) is 19.3 Å². The molecule has 0 saturated carbocycles. The summed E-state index contributed by atoms with van der Waals surface area (Å²) in [6, 6.07) is 0. The highest BCUT2D eigenvalue weighted by Gasteiger charge is 2.30. The Hall–Kier alpha value is -1.94. The number of carbonyl (C=O) groups excluding carboxylic acids is 4. The van der Waals surface area contributed by atoms with E-state index in [4.69, 9.17) is 37.0 Å². The lowest BCUT2D eigenvalue weighted by Gasteiger charge is -2.21. The zero-order valence-electron chi connectivity index (χ0n) is 68.3. The first-order valence-electron chi connectivity index (χ1n) is 44.0. The van der Waals surface area contributed by atoms with Crippen LogP contribution in [0.25, 0.3) is 0 Å². The zero-order valence-corrected chi connectivity index (χ0v) is 70.1. The van der Waals surface area contributed by atoms with Crippen LogP contribution in [0.5, 0.6) is 0 Å². The Balaban J connectivity index is 5.23. The normalized spacial score (nSPS) is 13.8. The van der Waals surface area contributed by atoms with Gasteiger partial charge in [-0.3, -0.25) is 37.3 Å². The molecular weight excluding hydrogens is 1350 g/mol. The molecule has 0 aliphatic heterocycles. The van der Waals surface area contributed by atoms with Crippen molar-refractivity contribution in [2.75, 3.05) is 39.6 Å². The number of hydrogen-bond donors (Lipinski definition) is 3. The topological polar surface area (TPSA) is 237 Å². The van der Waals surface area contributed by atoms with Crippen LogP contribution in [0.3, 0.4) is 0 Å². The molecular formula is C85H166O17P2. The minimum absolute atomic E-state index is 0.108. The molecule has 0 saturated heterocycles. The molecule has 5 atom stereocenters. The molecule has 0 radical (unpaired) electrons. The van der Waals surface area contributed by atoms with Crippen LogP contribution in [0, 0.1) is 11.8 Å². The summed E-state index contributed by atoms with van der Waals surface area (Å²) >= 11 is 0. The maximum absolute atomic E-state index is 13.1. The van der Waals surface area contributed by atoms with Gasteiger partial charge in [-0.05, 0) is 37.5 Å². The summed E-state index contributed by atoms with van der Waals surface area (Å²) in [4.78, 5) is 73.2. The molecule has 0 bridgehead atoms. The summed E-state index contributed by atoms with van der Waals surface area (Å²) in [7, 11) is -9.93. The monoisotopic (exact) mass is 1520 g/mol. The van der Waals surface area contributed by atoms with Gasteiger partial charge in [0.25, 0.3) is 0 Å². The van der Waals surface area contributed by atoms with Gasteiger partial charge in [-0.25, -0.2) is 9.13 Å². The lowest BCUT2D eigenvalue weighted by Crippen LogP contribution is -2.30. The van der Waals surface area contributed by atoms with Gasteiger partial charge in [0.15, 0.2) is 12.2 Å². The number of aliphatic hydroxyl groups excluding tert-OH is 1. The van der Waals surface area contributed by atoms with E-state index in [1.54, 1.807) is 0 Å². The Labute approximate surface area is 638 Å². The number of phosphoric acid groups is 2. The summed E-state index contributed by atoms with van der Waals surface area (Å²) in [5, 5.41) is 10.7. The Morgan fingerprint density at radius 3 is 0.654 bits per heavy atom. The van der Waals surface area contributed by atoms with Crippen molar-refractivity contribution in [3.05, 3.63) is 0 Å². The van der Waals surface area contributed by atoms with Gasteiger partial charge >= 0.3 is 39.5 Å². The third kappa shape index (κ3) is 78.2. The maximum Gasteiger partial charge on any atom is 0.472 e. The first kappa shape index (κ1) is 102. The van der Waals surface area contributed by atoms with Crippen LogP contribution < -0.4 is 0 Å². The highest BCUT2D eigenvalue weighted by Crippen LogP contribution is 2.45. The van der Waals surface area contributed by atoms with E-state index in [1.807, 2.05) is 0 Å². The molecule has 19 heteroatoms. The Kier molecular flexibility index (Phi) is 75.0. The van der Waals surface area contributed by atoms with E-state index in [0.29, 0.717) is 31.6 Å². The fraction of sp³-hybridized carbons (Fsp3) is 0.953. The van der Waals surface area contributed by atoms with Crippen LogP contribution in [0.2, 0.25) is 0 Å². The molecule has 0 aromatic heterocycles. The van der Waals surface area contributed by atoms with Gasteiger partial charge in [-0.15, -0.1) is 0 Å². The number of aliphatic hydroxyl groups is 1. The average molecular weight is 1520 g/mol. The Bertz CT molecular complexity index is 1990. The molecule has 0 aliphatic rings. The summed E-state index contributed by atoms with van der Waals surface area (Å²) in [6.45, 7) is 9.64. The molecule has 104 heavy (non-hydrogen) atoms. The molecule has 3 N–H and O–H groups in total. The molecule has 0 amide bonds. The van der Waals surface area contributed by atoms with Gasteiger partial charge in [-0.1, -0.05) is 401 Å². The Morgan fingerprint density at radius 2 is 0.442 bits per heavy atom. The number of ether oxygens (including phenoxy) is 4. The molecule has 0 aromatic rings. The highest BCUT2D eigenvalue weighted by atomic mass is 31.2. The minimum atomic E-state index is -4.96. The van der Waals surface area contributed by atoms with Crippen molar-refractivity contribution in [1.29, 1.82) is 0 Å². The van der Waals surface area contributed by atoms with E-state index >= 15 is 0 Å². The molecule has 0 aliphatic carbocycles. The van der Waals surface area contributed by atoms with E-state index < -0.39 is 97.5 Å². The van der Waals surface area contributed by atoms with E-state index in [0.717, 1.165) is 102 Å². The van der Waals surface area contributed by atoms with E-state index in [1.165, 1.54) is 263 Å². The first-order valence-corrected chi connectivity index (χ1v) is 47.0. The van der Waals surface area contributed by atoms with Gasteiger partial charge in [0.05, 0.1) is 26.4 Å². The van der Waals surface area contributed by atoms with E-state index in [2.05, 4.69) is 41.5 Å². The average Bonchev–Trinajstić information content (AvgIpc) is 1.01. The second-order valence-electron chi connectivity index (χ2n) is 31.5. The Morgan fingerprint density at radius 1 is 0.260 bits per heavy atom. The lowest BCUT2D eigenvalue weighted by atomic mass is 10.0. The molecule has 0 heterocycles. The van der Waals surface area contributed by atoms with Crippen LogP contribution in [0.15, 0.2) is 0 Å².